The van der Waals surface area contributed by atoms with E-state index in [-0.39, 0.29) is 18.2 Å². The van der Waals surface area contributed by atoms with Crippen molar-refractivity contribution in [2.24, 2.45) is 0 Å². The molecule has 9 nitrogen and oxygen atoms in total. The van der Waals surface area contributed by atoms with Crippen LogP contribution in [0.4, 0.5) is 11.5 Å². The van der Waals surface area contributed by atoms with Gasteiger partial charge in [-0.15, -0.1) is 0 Å². The number of piperidine rings is 1. The maximum absolute atomic E-state index is 13.1. The van der Waals surface area contributed by atoms with Crippen LogP contribution in [0, 0.1) is 0 Å². The van der Waals surface area contributed by atoms with E-state index in [0.717, 1.165) is 29.9 Å². The van der Waals surface area contributed by atoms with Crippen molar-refractivity contribution in [2.45, 2.75) is 57.9 Å². The number of benzene rings is 1. The number of aryl methyl sites for hydroxylation is 1. The van der Waals surface area contributed by atoms with E-state index < -0.39 is 11.9 Å². The summed E-state index contributed by atoms with van der Waals surface area (Å²) in [7, 11) is 0. The van der Waals surface area contributed by atoms with E-state index in [1.165, 1.54) is 0 Å². The van der Waals surface area contributed by atoms with E-state index in [9.17, 15) is 14.4 Å². The van der Waals surface area contributed by atoms with Gasteiger partial charge < -0.3 is 15.5 Å². The van der Waals surface area contributed by atoms with Gasteiger partial charge in [0, 0.05) is 37.7 Å². The molecule has 2 atom stereocenters. The van der Waals surface area contributed by atoms with Crippen molar-refractivity contribution in [1.29, 1.82) is 0 Å². The van der Waals surface area contributed by atoms with Crippen LogP contribution in [0.25, 0.3) is 0 Å². The lowest BCUT2D eigenvalue weighted by Gasteiger charge is -2.36. The molecular formula is C21H24N6O3. The summed E-state index contributed by atoms with van der Waals surface area (Å²) in [4.78, 5) is 40.5. The van der Waals surface area contributed by atoms with Crippen molar-refractivity contribution in [3.63, 3.8) is 0 Å². The Morgan fingerprint density at radius 2 is 2.07 bits per heavy atom. The van der Waals surface area contributed by atoms with E-state index in [1.54, 1.807) is 11.1 Å². The molecule has 30 heavy (non-hydrogen) atoms. The Morgan fingerprint density at radius 1 is 1.23 bits per heavy atom. The first-order valence-electron chi connectivity index (χ1n) is 10.3. The zero-order valence-corrected chi connectivity index (χ0v) is 16.8. The number of amides is 3. The fraction of sp³-hybridized carbons (Fsp3) is 0.429. The lowest BCUT2D eigenvalue weighted by atomic mass is 10.0. The van der Waals surface area contributed by atoms with Gasteiger partial charge in [0.05, 0.1) is 11.9 Å². The number of rotatable bonds is 3. The molecule has 0 spiro atoms. The Hall–Kier alpha value is -3.36. The number of carbonyl (C=O) groups excluding carboxylic acids is 3. The Labute approximate surface area is 173 Å². The predicted molar refractivity (Wildman–Crippen MR) is 109 cm³/mol. The SMILES string of the molecule is CC1CCn2ncc(N)c2N1Cc1ccc2c(c1)C(=O)N(C1CCC(=O)NC1=O)C2. The second kappa shape index (κ2) is 6.86. The second-order valence-corrected chi connectivity index (χ2v) is 8.30. The van der Waals surface area contributed by atoms with Crippen LogP contribution in [0.5, 0.6) is 0 Å². The van der Waals surface area contributed by atoms with Crippen LogP contribution in [0.15, 0.2) is 24.4 Å². The highest BCUT2D eigenvalue weighted by Crippen LogP contribution is 2.33. The molecule has 1 saturated heterocycles. The highest BCUT2D eigenvalue weighted by molar-refractivity contribution is 6.05. The molecule has 3 aliphatic rings. The van der Waals surface area contributed by atoms with Gasteiger partial charge in [0.25, 0.3) is 5.91 Å². The van der Waals surface area contributed by atoms with Crippen LogP contribution in [0.1, 0.15) is 47.7 Å². The molecule has 1 fully saturated rings. The average Bonchev–Trinajstić information content (AvgIpc) is 3.25. The molecule has 3 N–H and O–H groups in total. The molecule has 2 aromatic rings. The minimum atomic E-state index is -0.595. The van der Waals surface area contributed by atoms with Crippen molar-refractivity contribution >= 4 is 29.2 Å². The summed E-state index contributed by atoms with van der Waals surface area (Å²) in [5.74, 6) is 0.0960. The highest BCUT2D eigenvalue weighted by atomic mass is 16.2. The van der Waals surface area contributed by atoms with Crippen LogP contribution in [0.3, 0.4) is 0 Å². The Bertz CT molecular complexity index is 1060. The van der Waals surface area contributed by atoms with Gasteiger partial charge in [0.1, 0.15) is 6.04 Å². The van der Waals surface area contributed by atoms with E-state index >= 15 is 0 Å². The maximum atomic E-state index is 13.1. The normalized spacial score (nSPS) is 23.4. The van der Waals surface area contributed by atoms with Gasteiger partial charge in [-0.1, -0.05) is 12.1 Å². The first-order valence-corrected chi connectivity index (χ1v) is 10.3. The summed E-state index contributed by atoms with van der Waals surface area (Å²) >= 11 is 0. The van der Waals surface area contributed by atoms with Crippen LogP contribution >= 0.6 is 0 Å². The number of nitrogen functional groups attached to an aromatic ring is 1. The summed E-state index contributed by atoms with van der Waals surface area (Å²) in [6.07, 6.45) is 3.28. The fourth-order valence-corrected chi connectivity index (χ4v) is 4.67. The number of nitrogens with one attached hydrogen (secondary N) is 1. The minimum absolute atomic E-state index is 0.155. The van der Waals surface area contributed by atoms with Gasteiger partial charge in [-0.05, 0) is 37.0 Å². The van der Waals surface area contributed by atoms with Crippen molar-refractivity contribution in [3.05, 3.63) is 41.1 Å². The summed E-state index contributed by atoms with van der Waals surface area (Å²) in [5, 5.41) is 6.69. The van der Waals surface area contributed by atoms with Crippen molar-refractivity contribution in [2.75, 3.05) is 10.6 Å². The molecule has 3 aliphatic heterocycles. The molecule has 0 saturated carbocycles. The number of imide groups is 1. The zero-order chi connectivity index (χ0) is 21.0. The number of anilines is 2. The topological polar surface area (TPSA) is 114 Å². The molecule has 5 rings (SSSR count). The number of hydrogen-bond acceptors (Lipinski definition) is 6. The van der Waals surface area contributed by atoms with Crippen molar-refractivity contribution in [3.8, 4) is 0 Å². The van der Waals surface area contributed by atoms with E-state index in [4.69, 9.17) is 5.73 Å². The van der Waals surface area contributed by atoms with Crippen LogP contribution in [-0.2, 0) is 29.2 Å². The summed E-state index contributed by atoms with van der Waals surface area (Å²) in [6.45, 7) is 4.02. The number of fused-ring (bicyclic) bond motifs is 2. The van der Waals surface area contributed by atoms with Gasteiger partial charge in [-0.2, -0.15) is 5.10 Å². The van der Waals surface area contributed by atoms with E-state index in [1.807, 2.05) is 22.9 Å². The van der Waals surface area contributed by atoms with Crippen LogP contribution < -0.4 is 16.0 Å². The van der Waals surface area contributed by atoms with Gasteiger partial charge >= 0.3 is 0 Å². The molecule has 3 amide bonds. The van der Waals surface area contributed by atoms with E-state index in [0.29, 0.717) is 36.8 Å². The number of aromatic nitrogens is 2. The highest BCUT2D eigenvalue weighted by Gasteiger charge is 2.39. The Kier molecular flexibility index (Phi) is 4.27. The first-order chi connectivity index (χ1) is 14.4. The molecule has 156 valence electrons. The van der Waals surface area contributed by atoms with Crippen LogP contribution in [-0.4, -0.2) is 44.5 Å². The minimum Gasteiger partial charge on any atom is -0.394 e. The average molecular weight is 408 g/mol. The van der Waals surface area contributed by atoms with E-state index in [2.05, 4.69) is 22.2 Å². The summed E-state index contributed by atoms with van der Waals surface area (Å²) in [5.41, 5.74) is 9.35. The molecule has 0 radical (unpaired) electrons. The third-order valence-electron chi connectivity index (χ3n) is 6.35. The second-order valence-electron chi connectivity index (χ2n) is 8.30. The quantitative estimate of drug-likeness (QED) is 0.734. The monoisotopic (exact) mass is 408 g/mol. The number of nitrogens with zero attached hydrogens (tertiary/aromatic N) is 4. The molecular weight excluding hydrogens is 384 g/mol. The van der Waals surface area contributed by atoms with Gasteiger partial charge in [0.2, 0.25) is 11.8 Å². The molecule has 2 unspecified atom stereocenters. The summed E-state index contributed by atoms with van der Waals surface area (Å²) in [6, 6.07) is 5.62. The largest absolute Gasteiger partial charge is 0.394 e. The molecule has 9 heteroatoms. The fourth-order valence-electron chi connectivity index (χ4n) is 4.67. The van der Waals surface area contributed by atoms with Gasteiger partial charge in [-0.25, -0.2) is 4.68 Å². The Balaban J connectivity index is 1.39. The lowest BCUT2D eigenvalue weighted by molar-refractivity contribution is -0.136. The van der Waals surface area contributed by atoms with Crippen molar-refractivity contribution in [1.82, 2.24) is 20.0 Å². The third kappa shape index (κ3) is 2.92. The predicted octanol–water partition coefficient (Wildman–Crippen LogP) is 1.03. The number of hydrogen-bond donors (Lipinski definition) is 2. The Morgan fingerprint density at radius 3 is 2.87 bits per heavy atom. The summed E-state index contributed by atoms with van der Waals surface area (Å²) < 4.78 is 1.93. The number of nitrogens with two attached hydrogens (primary N) is 1. The molecule has 4 heterocycles. The van der Waals surface area contributed by atoms with Gasteiger partial charge in [0.15, 0.2) is 5.82 Å². The molecule has 1 aromatic heterocycles. The van der Waals surface area contributed by atoms with Gasteiger partial charge in [-0.3, -0.25) is 19.7 Å². The standard InChI is InChI=1S/C21H24N6O3/c1-12-6-7-27-20(16(22)9-23-27)25(12)10-13-2-3-14-11-26(21(30)15(14)8-13)17-4-5-18(28)24-19(17)29/h2-3,8-9,12,17H,4-7,10-11,22H2,1H3,(H,24,28,29). The maximum Gasteiger partial charge on any atom is 0.255 e. The van der Waals surface area contributed by atoms with Crippen LogP contribution in [0.2, 0.25) is 0 Å². The van der Waals surface area contributed by atoms with Crippen molar-refractivity contribution < 1.29 is 14.4 Å². The number of carbonyl (C=O) groups is 3. The third-order valence-corrected chi connectivity index (χ3v) is 6.35. The molecule has 1 aromatic carbocycles. The molecule has 0 aliphatic carbocycles. The zero-order valence-electron chi connectivity index (χ0n) is 16.8. The molecule has 0 bridgehead atoms. The lowest BCUT2D eigenvalue weighted by Crippen LogP contribution is -2.52. The smallest absolute Gasteiger partial charge is 0.255 e. The first kappa shape index (κ1) is 18.7.